The van der Waals surface area contributed by atoms with Crippen molar-refractivity contribution in [2.45, 2.75) is 19.3 Å². The molecule has 8 rings (SSSR count). The Hall–Kier alpha value is -5.01. The molecule has 0 spiro atoms. The minimum atomic E-state index is -0.211. The van der Waals surface area contributed by atoms with Gasteiger partial charge in [-0.2, -0.15) is 5.26 Å². The molecule has 4 nitrogen and oxygen atoms in total. The third kappa shape index (κ3) is 2.73. The van der Waals surface area contributed by atoms with Crippen LogP contribution in [0.1, 0.15) is 30.5 Å². The van der Waals surface area contributed by atoms with E-state index in [1.54, 1.807) is 0 Å². The van der Waals surface area contributed by atoms with Gasteiger partial charge in [0.1, 0.15) is 5.69 Å². The van der Waals surface area contributed by atoms with Crippen LogP contribution in [-0.4, -0.2) is 0 Å². The Kier molecular flexibility index (Phi) is 4.04. The molecule has 38 heavy (non-hydrogen) atoms. The van der Waals surface area contributed by atoms with Gasteiger partial charge in [0, 0.05) is 5.41 Å². The molecular weight excluding hydrogens is 468 g/mol. The molecule has 1 aliphatic carbocycles. The van der Waals surface area contributed by atoms with Crippen molar-refractivity contribution >= 4 is 17.1 Å². The summed E-state index contributed by atoms with van der Waals surface area (Å²) in [6.07, 6.45) is 0. The van der Waals surface area contributed by atoms with Crippen molar-refractivity contribution < 1.29 is 9.47 Å². The molecule has 0 N–H and O–H groups in total. The molecule has 0 unspecified atom stereocenters. The van der Waals surface area contributed by atoms with Crippen molar-refractivity contribution in [3.05, 3.63) is 114 Å². The highest BCUT2D eigenvalue weighted by Gasteiger charge is 2.37. The fourth-order valence-corrected chi connectivity index (χ4v) is 6.18. The number of fused-ring (bicyclic) bond motifs is 7. The van der Waals surface area contributed by atoms with Crippen LogP contribution < -0.4 is 14.4 Å². The Morgan fingerprint density at radius 3 is 1.84 bits per heavy atom. The molecule has 2 heterocycles. The molecule has 0 amide bonds. The number of anilines is 3. The maximum absolute atomic E-state index is 9.46. The minimum absolute atomic E-state index is 0.211. The normalized spacial score (nSPS) is 14.6. The summed E-state index contributed by atoms with van der Waals surface area (Å²) in [5, 5.41) is 9.46. The third-order valence-electron chi connectivity index (χ3n) is 8.05. The molecule has 3 aliphatic rings. The van der Waals surface area contributed by atoms with Crippen LogP contribution in [0.2, 0.25) is 0 Å². The van der Waals surface area contributed by atoms with E-state index in [0.717, 1.165) is 51.2 Å². The Morgan fingerprint density at radius 2 is 1.21 bits per heavy atom. The van der Waals surface area contributed by atoms with Crippen LogP contribution in [0.15, 0.2) is 97.1 Å². The van der Waals surface area contributed by atoms with E-state index in [1.807, 2.05) is 48.5 Å². The highest BCUT2D eigenvalue weighted by atomic mass is 16.5. The smallest absolute Gasteiger partial charge is 0.156 e. The van der Waals surface area contributed by atoms with E-state index in [9.17, 15) is 5.26 Å². The second-order valence-electron chi connectivity index (χ2n) is 10.6. The molecule has 2 aliphatic heterocycles. The van der Waals surface area contributed by atoms with Gasteiger partial charge in [0.15, 0.2) is 23.0 Å². The van der Waals surface area contributed by atoms with E-state index in [0.29, 0.717) is 5.56 Å². The van der Waals surface area contributed by atoms with Gasteiger partial charge in [-0.15, -0.1) is 0 Å². The second-order valence-corrected chi connectivity index (χ2v) is 10.6. The van der Waals surface area contributed by atoms with Crippen LogP contribution in [0.3, 0.4) is 0 Å². The Morgan fingerprint density at radius 1 is 0.632 bits per heavy atom. The van der Waals surface area contributed by atoms with Crippen molar-refractivity contribution in [1.29, 1.82) is 5.26 Å². The number of nitrogens with zero attached hydrogens (tertiary/aromatic N) is 2. The van der Waals surface area contributed by atoms with Crippen molar-refractivity contribution in [1.82, 2.24) is 0 Å². The predicted octanol–water partition coefficient (Wildman–Crippen LogP) is 9.21. The summed E-state index contributed by atoms with van der Waals surface area (Å²) in [6.45, 7) is 4.47. The molecule has 0 bridgehead atoms. The molecule has 0 saturated heterocycles. The van der Waals surface area contributed by atoms with Gasteiger partial charge in [0.2, 0.25) is 0 Å². The summed E-state index contributed by atoms with van der Waals surface area (Å²) in [5.74, 6) is 3.18. The maximum atomic E-state index is 9.46. The Labute approximate surface area is 220 Å². The zero-order chi connectivity index (χ0) is 25.6. The van der Waals surface area contributed by atoms with Gasteiger partial charge < -0.3 is 9.47 Å². The highest BCUT2D eigenvalue weighted by Crippen LogP contribution is 2.60. The van der Waals surface area contributed by atoms with E-state index >= 15 is 0 Å². The average Bonchev–Trinajstić information content (AvgIpc) is 3.18. The van der Waals surface area contributed by atoms with E-state index in [-0.39, 0.29) is 5.41 Å². The van der Waals surface area contributed by atoms with Crippen LogP contribution in [0.25, 0.3) is 22.3 Å². The number of hydrogen-bond donors (Lipinski definition) is 0. The van der Waals surface area contributed by atoms with Crippen LogP contribution in [0.4, 0.5) is 17.1 Å². The molecule has 180 valence electrons. The quantitative estimate of drug-likeness (QED) is 0.230. The third-order valence-corrected chi connectivity index (χ3v) is 8.05. The van der Waals surface area contributed by atoms with Gasteiger partial charge in [-0.3, -0.25) is 4.90 Å². The number of benzene rings is 5. The zero-order valence-electron chi connectivity index (χ0n) is 20.9. The van der Waals surface area contributed by atoms with Crippen LogP contribution >= 0.6 is 0 Å². The van der Waals surface area contributed by atoms with Crippen molar-refractivity contribution in [2.75, 3.05) is 4.90 Å². The fourth-order valence-electron chi connectivity index (χ4n) is 6.18. The van der Waals surface area contributed by atoms with E-state index < -0.39 is 0 Å². The summed E-state index contributed by atoms with van der Waals surface area (Å²) in [6, 6.07) is 35.4. The van der Waals surface area contributed by atoms with Gasteiger partial charge >= 0.3 is 0 Å². The van der Waals surface area contributed by atoms with Crippen molar-refractivity contribution in [3.63, 3.8) is 0 Å². The van der Waals surface area contributed by atoms with Gasteiger partial charge in [-0.1, -0.05) is 56.3 Å². The molecule has 0 radical (unpaired) electrons. The monoisotopic (exact) mass is 490 g/mol. The Balaban J connectivity index is 1.30. The number of rotatable bonds is 1. The lowest BCUT2D eigenvalue weighted by Crippen LogP contribution is -2.20. The average molecular weight is 491 g/mol. The topological polar surface area (TPSA) is 45.5 Å². The van der Waals surface area contributed by atoms with Gasteiger partial charge in [0.05, 0.1) is 23.0 Å². The molecule has 0 atom stereocenters. The summed E-state index contributed by atoms with van der Waals surface area (Å²) in [7, 11) is 0. The number of nitriles is 1. The highest BCUT2D eigenvalue weighted by molar-refractivity contribution is 5.95. The first kappa shape index (κ1) is 21.1. The predicted molar refractivity (Wildman–Crippen MR) is 149 cm³/mol. The van der Waals surface area contributed by atoms with Gasteiger partial charge in [-0.25, -0.2) is 0 Å². The maximum Gasteiger partial charge on any atom is 0.156 e. The summed E-state index contributed by atoms with van der Waals surface area (Å²) < 4.78 is 12.9. The van der Waals surface area contributed by atoms with Crippen LogP contribution in [0.5, 0.6) is 23.0 Å². The van der Waals surface area contributed by atoms with Crippen LogP contribution in [0, 0.1) is 11.3 Å². The Bertz CT molecular complexity index is 1810. The second kappa shape index (κ2) is 7.27. The summed E-state index contributed by atoms with van der Waals surface area (Å²) in [4.78, 5) is 2.24. The molecule has 5 aromatic carbocycles. The first-order chi connectivity index (χ1) is 18.5. The van der Waals surface area contributed by atoms with Crippen LogP contribution in [-0.2, 0) is 5.41 Å². The summed E-state index contributed by atoms with van der Waals surface area (Å²) in [5.41, 5.74) is 10.4. The number of para-hydroxylation sites is 4. The van der Waals surface area contributed by atoms with E-state index in [2.05, 4.69) is 73.3 Å². The zero-order valence-corrected chi connectivity index (χ0v) is 20.9. The SMILES string of the molecule is CC1(C)c2cc(C#N)ccc2-c2ccc(-c3cc4c5c(c3)Oc3ccccc3N5c3ccccc3O4)cc21. The summed E-state index contributed by atoms with van der Waals surface area (Å²) >= 11 is 0. The fraction of sp³-hybridized carbons (Fsp3) is 0.0882. The van der Waals surface area contributed by atoms with E-state index in [4.69, 9.17) is 9.47 Å². The largest absolute Gasteiger partial charge is 0.453 e. The number of hydrogen-bond acceptors (Lipinski definition) is 4. The standard InChI is InChI=1S/C34H22N2O2/c1-34(2)25-15-20(19-35)11-13-23(25)24-14-12-21(16-26(24)34)22-17-31-33-32(18-22)38-30-10-6-4-8-28(30)36(33)27-7-3-5-9-29(27)37-31/h3-18H,1-2H3. The first-order valence-electron chi connectivity index (χ1n) is 12.7. The molecule has 0 fully saturated rings. The van der Waals surface area contributed by atoms with Crippen molar-refractivity contribution in [2.24, 2.45) is 0 Å². The van der Waals surface area contributed by atoms with Gasteiger partial charge in [0.25, 0.3) is 0 Å². The number of ether oxygens (including phenoxy) is 2. The van der Waals surface area contributed by atoms with Crippen molar-refractivity contribution in [3.8, 4) is 51.3 Å². The molecule has 0 saturated carbocycles. The van der Waals surface area contributed by atoms with E-state index in [1.165, 1.54) is 22.3 Å². The molecule has 4 heteroatoms. The lowest BCUT2D eigenvalue weighted by Gasteiger charge is -2.38. The molecule has 5 aromatic rings. The molecular formula is C34H22N2O2. The lowest BCUT2D eigenvalue weighted by atomic mass is 9.81. The molecule has 0 aromatic heterocycles. The first-order valence-corrected chi connectivity index (χ1v) is 12.7. The lowest BCUT2D eigenvalue weighted by molar-refractivity contribution is 0.446. The van der Waals surface area contributed by atoms with Gasteiger partial charge in [-0.05, 0) is 88.0 Å². The minimum Gasteiger partial charge on any atom is -0.453 e.